The minimum atomic E-state index is -0.375. The van der Waals surface area contributed by atoms with Gasteiger partial charge in [0.05, 0.1) is 28.1 Å². The van der Waals surface area contributed by atoms with Crippen molar-refractivity contribution in [2.45, 2.75) is 90.9 Å². The summed E-state index contributed by atoms with van der Waals surface area (Å²) in [6, 6.07) is 65.1. The van der Waals surface area contributed by atoms with Crippen molar-refractivity contribution < 1.29 is 9.30 Å². The zero-order chi connectivity index (χ0) is 48.3. The van der Waals surface area contributed by atoms with Gasteiger partial charge in [0.25, 0.3) is 6.33 Å². The van der Waals surface area contributed by atoms with E-state index in [0.29, 0.717) is 0 Å². The van der Waals surface area contributed by atoms with Crippen LogP contribution in [0.5, 0.6) is 11.5 Å². The molecular formula is C64H62N4O. The van der Waals surface area contributed by atoms with Gasteiger partial charge >= 0.3 is 0 Å². The molecule has 0 spiro atoms. The van der Waals surface area contributed by atoms with Gasteiger partial charge in [-0.3, -0.25) is 13.7 Å². The lowest BCUT2D eigenvalue weighted by Gasteiger charge is -2.28. The van der Waals surface area contributed by atoms with E-state index in [1.807, 2.05) is 6.20 Å². The second kappa shape index (κ2) is 17.2. The average Bonchev–Trinajstić information content (AvgIpc) is 3.96. The van der Waals surface area contributed by atoms with Crippen LogP contribution in [0.3, 0.4) is 0 Å². The molecule has 0 saturated carbocycles. The van der Waals surface area contributed by atoms with Crippen LogP contribution in [0.1, 0.15) is 103 Å². The maximum Gasteiger partial charge on any atom is 0.269 e. The summed E-state index contributed by atoms with van der Waals surface area (Å²) < 4.78 is 13.8. The summed E-state index contributed by atoms with van der Waals surface area (Å²) in [7, 11) is 0. The molecule has 10 rings (SSSR count). The standard InChI is InChI=1S/C64H62N4O/c1-61(2,3)48-33-34-65-59(38-48)68-56-32-21-20-31-54(56)60-55(64(9,10)47-27-18-13-19-28-47)40-53(41-57(60)68)69-52-30-22-29-50(39-52)67-43-66(42-58(67)62(4,5)6)51-36-45(44-23-14-11-15-24-44)35-49(37-51)63(7,8)46-25-16-12-17-26-46/h11-42H,1-10H3. The van der Waals surface area contributed by atoms with E-state index in [-0.39, 0.29) is 21.7 Å². The van der Waals surface area contributed by atoms with E-state index in [2.05, 4.69) is 277 Å². The number of hydrogen-bond donors (Lipinski definition) is 0. The molecule has 5 heteroatoms. The number of nitrogens with zero attached hydrogens (tertiary/aromatic N) is 4. The first-order chi connectivity index (χ1) is 33.0. The lowest BCUT2D eigenvalue weighted by atomic mass is 9.76. The Balaban J connectivity index is 1.12. The van der Waals surface area contributed by atoms with Crippen LogP contribution >= 0.6 is 0 Å². The van der Waals surface area contributed by atoms with Crippen molar-refractivity contribution in [3.8, 4) is 39.8 Å². The maximum absolute atomic E-state index is 7.09. The molecule has 0 N–H and O–H groups in total. The number of hydrogen-bond acceptors (Lipinski definition) is 2. The largest absolute Gasteiger partial charge is 0.458 e. The minimum absolute atomic E-state index is 0.0477. The second-order valence-electron chi connectivity index (χ2n) is 21.7. The molecule has 0 saturated heterocycles. The number of fused-ring (bicyclic) bond motifs is 3. The molecule has 0 aliphatic carbocycles. The normalized spacial score (nSPS) is 12.5. The fraction of sp³-hybridized carbons (Fsp3) is 0.219. The fourth-order valence-electron chi connectivity index (χ4n) is 9.87. The molecule has 0 fully saturated rings. The average molecular weight is 903 g/mol. The summed E-state index contributed by atoms with van der Waals surface area (Å²) in [5.74, 6) is 2.37. The topological polar surface area (TPSA) is 35.9 Å². The van der Waals surface area contributed by atoms with Gasteiger partial charge in [0.1, 0.15) is 17.3 Å². The number of para-hydroxylation sites is 1. The highest BCUT2D eigenvalue weighted by molar-refractivity contribution is 6.11. The molecule has 5 nitrogen and oxygen atoms in total. The molecule has 3 heterocycles. The Bertz CT molecular complexity index is 3470. The van der Waals surface area contributed by atoms with Crippen molar-refractivity contribution in [1.29, 1.82) is 0 Å². The molecule has 344 valence electrons. The van der Waals surface area contributed by atoms with E-state index in [4.69, 9.17) is 9.72 Å². The van der Waals surface area contributed by atoms with E-state index in [1.54, 1.807) is 0 Å². The van der Waals surface area contributed by atoms with Crippen LogP contribution in [-0.2, 0) is 21.7 Å². The van der Waals surface area contributed by atoms with Crippen molar-refractivity contribution >= 4 is 21.8 Å². The Morgan fingerprint density at radius 3 is 1.83 bits per heavy atom. The van der Waals surface area contributed by atoms with Crippen LogP contribution in [-0.4, -0.2) is 14.1 Å². The van der Waals surface area contributed by atoms with Crippen molar-refractivity contribution in [1.82, 2.24) is 14.1 Å². The highest BCUT2D eigenvalue weighted by Gasteiger charge is 2.31. The van der Waals surface area contributed by atoms with Gasteiger partial charge in [0.15, 0.2) is 0 Å². The summed E-state index contributed by atoms with van der Waals surface area (Å²) in [5, 5.41) is 2.37. The van der Waals surface area contributed by atoms with E-state index >= 15 is 0 Å². The van der Waals surface area contributed by atoms with Crippen molar-refractivity contribution in [3.63, 3.8) is 0 Å². The van der Waals surface area contributed by atoms with Gasteiger partial charge in [-0.15, -0.1) is 0 Å². The molecular weight excluding hydrogens is 841 g/mol. The summed E-state index contributed by atoms with van der Waals surface area (Å²) in [6.07, 6.45) is 7.98. The van der Waals surface area contributed by atoms with E-state index in [0.717, 1.165) is 51.0 Å². The number of imidazole rings is 1. The smallest absolute Gasteiger partial charge is 0.269 e. The number of ether oxygens (including phenoxy) is 1. The molecule has 0 radical (unpaired) electrons. The molecule has 0 aliphatic heterocycles. The molecule has 10 aromatic rings. The summed E-state index contributed by atoms with van der Waals surface area (Å²) >= 11 is 0. The lowest BCUT2D eigenvalue weighted by molar-refractivity contribution is -0.599. The van der Waals surface area contributed by atoms with E-state index in [1.165, 1.54) is 44.2 Å². The predicted octanol–water partition coefficient (Wildman–Crippen LogP) is 15.8. The van der Waals surface area contributed by atoms with E-state index in [9.17, 15) is 0 Å². The Morgan fingerprint density at radius 1 is 0.493 bits per heavy atom. The van der Waals surface area contributed by atoms with Gasteiger partial charge in [-0.05, 0) is 104 Å². The molecule has 7 aromatic carbocycles. The molecule has 3 aromatic heterocycles. The van der Waals surface area contributed by atoms with Gasteiger partial charge in [-0.2, -0.15) is 0 Å². The molecule has 0 amide bonds. The minimum Gasteiger partial charge on any atom is -0.458 e. The van der Waals surface area contributed by atoms with Gasteiger partial charge in [-0.25, -0.2) is 4.98 Å². The zero-order valence-electron chi connectivity index (χ0n) is 41.7. The van der Waals surface area contributed by atoms with Crippen LogP contribution in [0, 0.1) is 6.33 Å². The summed E-state index contributed by atoms with van der Waals surface area (Å²) in [4.78, 5) is 5.02. The van der Waals surface area contributed by atoms with Gasteiger partial charge in [-0.1, -0.05) is 191 Å². The highest BCUT2D eigenvalue weighted by Crippen LogP contribution is 2.45. The molecule has 69 heavy (non-hydrogen) atoms. The van der Waals surface area contributed by atoms with Crippen LogP contribution in [0.4, 0.5) is 0 Å². The summed E-state index contributed by atoms with van der Waals surface area (Å²) in [6.45, 7) is 22.8. The van der Waals surface area contributed by atoms with Crippen LogP contribution in [0.2, 0.25) is 0 Å². The fourth-order valence-corrected chi connectivity index (χ4v) is 9.87. The molecule has 0 unspecified atom stereocenters. The number of benzene rings is 7. The van der Waals surface area contributed by atoms with Gasteiger partial charge in [0, 0.05) is 40.1 Å². The predicted molar refractivity (Wildman–Crippen MR) is 285 cm³/mol. The Labute approximate surface area is 408 Å². The highest BCUT2D eigenvalue weighted by atomic mass is 16.5. The third kappa shape index (κ3) is 8.56. The number of pyridine rings is 1. The first kappa shape index (κ1) is 45.3. The van der Waals surface area contributed by atoms with Crippen LogP contribution in [0.25, 0.3) is 50.1 Å². The maximum atomic E-state index is 7.09. The third-order valence-electron chi connectivity index (χ3n) is 14.1. The summed E-state index contributed by atoms with van der Waals surface area (Å²) in [5.41, 5.74) is 12.9. The molecule has 0 aliphatic rings. The molecule has 0 atom stereocenters. The van der Waals surface area contributed by atoms with Crippen molar-refractivity contribution in [2.75, 3.05) is 0 Å². The van der Waals surface area contributed by atoms with Gasteiger partial charge < -0.3 is 4.74 Å². The molecule has 0 bridgehead atoms. The quantitative estimate of drug-likeness (QED) is 0.101. The monoisotopic (exact) mass is 902 g/mol. The number of aromatic nitrogens is 4. The third-order valence-corrected chi connectivity index (χ3v) is 14.1. The first-order valence-electron chi connectivity index (χ1n) is 24.2. The van der Waals surface area contributed by atoms with Crippen molar-refractivity contribution in [3.05, 3.63) is 234 Å². The van der Waals surface area contributed by atoms with Crippen molar-refractivity contribution in [2.24, 2.45) is 0 Å². The SMILES string of the molecule is CC(C)(C)c1ccnc(-n2c3ccccc3c3c(C(C)(C)c4ccccc4)cc(Oc4cccc(-n5[c-][n+](-c6cc(-c7ccccc7)cc(C(C)(C)c7ccccc7)c6)cc5C(C)(C)C)c4)cc32)c1. The first-order valence-corrected chi connectivity index (χ1v) is 24.2. The second-order valence-corrected chi connectivity index (χ2v) is 21.7. The zero-order valence-corrected chi connectivity index (χ0v) is 41.7. The van der Waals surface area contributed by atoms with Crippen LogP contribution in [0.15, 0.2) is 194 Å². The number of rotatable bonds is 10. The van der Waals surface area contributed by atoms with Crippen LogP contribution < -0.4 is 9.30 Å². The Hall–Kier alpha value is -7.50. The Kier molecular flexibility index (Phi) is 11.3. The van der Waals surface area contributed by atoms with E-state index < -0.39 is 0 Å². The Morgan fingerprint density at radius 2 is 1.14 bits per heavy atom. The van der Waals surface area contributed by atoms with Gasteiger partial charge in [0.2, 0.25) is 0 Å². The lowest BCUT2D eigenvalue weighted by Crippen LogP contribution is -2.30.